The first kappa shape index (κ1) is 14.4. The van der Waals surface area contributed by atoms with Gasteiger partial charge in [-0.3, -0.25) is 15.0 Å². The van der Waals surface area contributed by atoms with Crippen molar-refractivity contribution in [3.05, 3.63) is 64.1 Å². The van der Waals surface area contributed by atoms with E-state index in [0.717, 1.165) is 5.56 Å². The summed E-state index contributed by atoms with van der Waals surface area (Å²) in [6.07, 6.45) is -0.229. The van der Waals surface area contributed by atoms with Crippen LogP contribution in [-0.2, 0) is 4.79 Å². The van der Waals surface area contributed by atoms with Crippen molar-refractivity contribution in [2.75, 3.05) is 4.90 Å². The zero-order valence-corrected chi connectivity index (χ0v) is 12.9. The first-order valence-electron chi connectivity index (χ1n) is 6.67. The largest absolute Gasteiger partial charge is 0.289 e. The molecule has 1 aliphatic heterocycles. The average Bonchev–Trinajstić information content (AvgIpc) is 2.76. The fourth-order valence-electron chi connectivity index (χ4n) is 2.53. The normalized spacial score (nSPS) is 21.9. The van der Waals surface area contributed by atoms with Crippen LogP contribution in [0.1, 0.15) is 18.7 Å². The Bertz CT molecular complexity index is 675. The van der Waals surface area contributed by atoms with Crippen molar-refractivity contribution in [3.8, 4) is 0 Å². The summed E-state index contributed by atoms with van der Waals surface area (Å²) in [6, 6.07) is 14.7. The molecule has 1 saturated heterocycles. The lowest BCUT2D eigenvalue weighted by Crippen LogP contribution is -2.30. The Kier molecular flexibility index (Phi) is 3.89. The second-order valence-electron chi connectivity index (χ2n) is 5.01. The molecule has 0 radical (unpaired) electrons. The highest BCUT2D eigenvalue weighted by molar-refractivity contribution is 6.36. The zero-order valence-electron chi connectivity index (χ0n) is 11.4. The van der Waals surface area contributed by atoms with Crippen LogP contribution in [0, 0.1) is 0 Å². The third kappa shape index (κ3) is 2.64. The number of carbonyl (C=O) groups excluding carboxylic acids is 1. The molecular weight excluding hydrogens is 307 g/mol. The van der Waals surface area contributed by atoms with Gasteiger partial charge in [-0.05, 0) is 30.7 Å². The Labute approximate surface area is 133 Å². The molecule has 3 nitrogen and oxygen atoms in total. The van der Waals surface area contributed by atoms with Crippen LogP contribution in [0.2, 0.25) is 10.0 Å². The molecule has 1 amide bonds. The quantitative estimate of drug-likeness (QED) is 0.906. The van der Waals surface area contributed by atoms with Crippen LogP contribution in [0.4, 0.5) is 5.69 Å². The minimum atomic E-state index is -0.262. The van der Waals surface area contributed by atoms with E-state index >= 15 is 0 Å². The summed E-state index contributed by atoms with van der Waals surface area (Å²) in [5.41, 5.74) is 1.68. The number of nitrogens with one attached hydrogen (secondary N) is 1. The number of anilines is 1. The summed E-state index contributed by atoms with van der Waals surface area (Å²) in [4.78, 5) is 14.2. The highest BCUT2D eigenvalue weighted by Gasteiger charge is 2.38. The summed E-state index contributed by atoms with van der Waals surface area (Å²) >= 11 is 12.2. The lowest BCUT2D eigenvalue weighted by atomic mass is 10.1. The molecule has 1 N–H and O–H groups in total. The first-order valence-corrected chi connectivity index (χ1v) is 7.42. The van der Waals surface area contributed by atoms with Crippen LogP contribution < -0.4 is 10.2 Å². The molecule has 0 aromatic heterocycles. The number of nitrogens with zero attached hydrogens (tertiary/aromatic N) is 1. The number of amides is 1. The second-order valence-corrected chi connectivity index (χ2v) is 5.85. The van der Waals surface area contributed by atoms with Gasteiger partial charge < -0.3 is 0 Å². The van der Waals surface area contributed by atoms with Crippen LogP contribution in [0.25, 0.3) is 0 Å². The van der Waals surface area contributed by atoms with Crippen molar-refractivity contribution in [2.45, 2.75) is 19.1 Å². The number of rotatable bonds is 2. The molecule has 21 heavy (non-hydrogen) atoms. The molecule has 5 heteroatoms. The van der Waals surface area contributed by atoms with Gasteiger partial charge in [0.2, 0.25) is 5.91 Å². The van der Waals surface area contributed by atoms with E-state index in [4.69, 9.17) is 23.2 Å². The maximum absolute atomic E-state index is 12.5. The van der Waals surface area contributed by atoms with E-state index in [1.54, 1.807) is 23.1 Å². The molecule has 1 fully saturated rings. The molecule has 0 aliphatic carbocycles. The van der Waals surface area contributed by atoms with E-state index in [1.807, 2.05) is 37.3 Å². The minimum absolute atomic E-state index is 0.00641. The van der Waals surface area contributed by atoms with Gasteiger partial charge in [0.1, 0.15) is 6.17 Å². The van der Waals surface area contributed by atoms with Gasteiger partial charge in [-0.2, -0.15) is 0 Å². The fraction of sp³-hybridized carbons (Fsp3) is 0.188. The standard InChI is InChI=1S/C16H14Cl2N2O/c1-10-16(21)20(14-8-7-12(17)9-13(14)18)15(19-10)11-5-3-2-4-6-11/h2-10,15,19H,1H3/t10-,15?/m0/s1. The number of carbonyl (C=O) groups is 1. The lowest BCUT2D eigenvalue weighted by Gasteiger charge is -2.25. The lowest BCUT2D eigenvalue weighted by molar-refractivity contribution is -0.118. The highest BCUT2D eigenvalue weighted by atomic mass is 35.5. The fourth-order valence-corrected chi connectivity index (χ4v) is 3.03. The Hall–Kier alpha value is -1.55. The SMILES string of the molecule is C[C@@H]1NC(c2ccccc2)N(c2ccc(Cl)cc2Cl)C1=O. The molecule has 1 heterocycles. The van der Waals surface area contributed by atoms with Gasteiger partial charge in [0.25, 0.3) is 0 Å². The molecule has 1 aliphatic rings. The monoisotopic (exact) mass is 320 g/mol. The second kappa shape index (κ2) is 5.68. The van der Waals surface area contributed by atoms with Gasteiger partial charge in [0, 0.05) is 5.02 Å². The molecule has 2 atom stereocenters. The van der Waals surface area contributed by atoms with Crippen LogP contribution in [0.3, 0.4) is 0 Å². The zero-order chi connectivity index (χ0) is 15.0. The van der Waals surface area contributed by atoms with Gasteiger partial charge >= 0.3 is 0 Å². The third-order valence-corrected chi connectivity index (χ3v) is 4.10. The van der Waals surface area contributed by atoms with Gasteiger partial charge in [-0.25, -0.2) is 0 Å². The molecule has 0 bridgehead atoms. The summed E-state index contributed by atoms with van der Waals surface area (Å²) in [6.45, 7) is 1.85. The third-order valence-electron chi connectivity index (χ3n) is 3.56. The number of benzene rings is 2. The predicted molar refractivity (Wildman–Crippen MR) is 85.7 cm³/mol. The van der Waals surface area contributed by atoms with Crippen molar-refractivity contribution < 1.29 is 4.79 Å². The van der Waals surface area contributed by atoms with Crippen molar-refractivity contribution in [1.29, 1.82) is 0 Å². The van der Waals surface area contributed by atoms with E-state index in [0.29, 0.717) is 15.7 Å². The van der Waals surface area contributed by atoms with Gasteiger partial charge in [-0.15, -0.1) is 0 Å². The number of hydrogen-bond acceptors (Lipinski definition) is 2. The van der Waals surface area contributed by atoms with Crippen molar-refractivity contribution in [2.24, 2.45) is 0 Å². The molecule has 0 saturated carbocycles. The molecule has 108 valence electrons. The van der Waals surface area contributed by atoms with Crippen molar-refractivity contribution >= 4 is 34.8 Å². The van der Waals surface area contributed by atoms with Crippen LogP contribution in [0.15, 0.2) is 48.5 Å². The van der Waals surface area contributed by atoms with Gasteiger partial charge in [0.15, 0.2) is 0 Å². The molecule has 2 aromatic rings. The molecule has 1 unspecified atom stereocenters. The average molecular weight is 321 g/mol. The molecule has 3 rings (SSSR count). The molecule has 2 aromatic carbocycles. The maximum Gasteiger partial charge on any atom is 0.245 e. The maximum atomic E-state index is 12.5. The summed E-state index contributed by atoms with van der Waals surface area (Å²) in [5.74, 6) is -0.00641. The van der Waals surface area contributed by atoms with E-state index in [1.165, 1.54) is 0 Å². The summed E-state index contributed by atoms with van der Waals surface area (Å²) < 4.78 is 0. The summed E-state index contributed by atoms with van der Waals surface area (Å²) in [5, 5.41) is 4.31. The Balaban J connectivity index is 2.06. The highest BCUT2D eigenvalue weighted by Crippen LogP contribution is 2.36. The van der Waals surface area contributed by atoms with Gasteiger partial charge in [0.05, 0.1) is 16.8 Å². The Morgan fingerprint density at radius 2 is 1.81 bits per heavy atom. The van der Waals surface area contributed by atoms with Crippen LogP contribution >= 0.6 is 23.2 Å². The smallest absolute Gasteiger partial charge is 0.245 e. The van der Waals surface area contributed by atoms with E-state index < -0.39 is 0 Å². The Morgan fingerprint density at radius 3 is 2.48 bits per heavy atom. The van der Waals surface area contributed by atoms with Gasteiger partial charge in [-0.1, -0.05) is 53.5 Å². The van der Waals surface area contributed by atoms with Crippen LogP contribution in [0.5, 0.6) is 0 Å². The predicted octanol–water partition coefficient (Wildman–Crippen LogP) is 4.02. The van der Waals surface area contributed by atoms with E-state index in [-0.39, 0.29) is 18.1 Å². The minimum Gasteiger partial charge on any atom is -0.289 e. The first-order chi connectivity index (χ1) is 10.1. The van der Waals surface area contributed by atoms with E-state index in [2.05, 4.69) is 5.32 Å². The van der Waals surface area contributed by atoms with Crippen molar-refractivity contribution in [3.63, 3.8) is 0 Å². The molecular formula is C16H14Cl2N2O. The van der Waals surface area contributed by atoms with Crippen LogP contribution in [-0.4, -0.2) is 11.9 Å². The van der Waals surface area contributed by atoms with E-state index in [9.17, 15) is 4.79 Å². The topological polar surface area (TPSA) is 32.3 Å². The van der Waals surface area contributed by atoms with Crippen molar-refractivity contribution in [1.82, 2.24) is 5.32 Å². The number of hydrogen-bond donors (Lipinski definition) is 1. The Morgan fingerprint density at radius 1 is 1.10 bits per heavy atom. The molecule has 0 spiro atoms. The number of halogens is 2. The summed E-state index contributed by atoms with van der Waals surface area (Å²) in [7, 11) is 0.